The topological polar surface area (TPSA) is 214 Å². The number of nitrogens with one attached hydrogen (secondary N) is 2. The zero-order valence-corrected chi connectivity index (χ0v) is 26.2. The van der Waals surface area contributed by atoms with Gasteiger partial charge in [-0.1, -0.05) is 36.3 Å². The molecular formula is C30H47N7O6S. The van der Waals surface area contributed by atoms with Crippen LogP contribution in [0.4, 0.5) is 0 Å². The van der Waals surface area contributed by atoms with Gasteiger partial charge in [0.15, 0.2) is 0 Å². The smallest absolute Gasteiger partial charge is 0.245 e. The third-order valence-electron chi connectivity index (χ3n) is 7.89. The Kier molecular flexibility index (Phi) is 13.5. The van der Waals surface area contributed by atoms with Crippen molar-refractivity contribution in [1.82, 2.24) is 19.8 Å². The van der Waals surface area contributed by atoms with Gasteiger partial charge in [-0.05, 0) is 55.9 Å². The minimum atomic E-state index is -3.59. The molecule has 44 heavy (non-hydrogen) atoms. The molecular weight excluding hydrogens is 586 g/mol. The number of sulfonamides is 1. The lowest BCUT2D eigenvalue weighted by Gasteiger charge is -2.28. The normalized spacial score (nSPS) is 17.9. The molecule has 3 rings (SSSR count). The van der Waals surface area contributed by atoms with Crippen LogP contribution in [0, 0.1) is 0 Å². The fraction of sp³-hybridized carbons (Fsp3) is 0.567. The average molecular weight is 634 g/mol. The molecule has 3 amide bonds. The van der Waals surface area contributed by atoms with Gasteiger partial charge >= 0.3 is 0 Å². The number of benzene rings is 1. The zero-order chi connectivity index (χ0) is 32.3. The van der Waals surface area contributed by atoms with E-state index in [0.29, 0.717) is 37.1 Å². The molecule has 9 N–H and O–H groups in total. The molecule has 1 aliphatic heterocycles. The molecule has 2 aliphatic rings. The summed E-state index contributed by atoms with van der Waals surface area (Å²) in [4.78, 5) is 40.7. The number of amides is 3. The Hall–Kier alpha value is -3.14. The highest BCUT2D eigenvalue weighted by Crippen LogP contribution is 2.23. The maximum Gasteiger partial charge on any atom is 0.245 e. The number of aliphatic hydroxyl groups is 1. The van der Waals surface area contributed by atoms with Crippen LogP contribution in [0.15, 0.2) is 52.5 Å². The van der Waals surface area contributed by atoms with Gasteiger partial charge in [0.2, 0.25) is 27.7 Å². The van der Waals surface area contributed by atoms with Gasteiger partial charge in [0.05, 0.1) is 17.4 Å². The second kappa shape index (κ2) is 16.8. The lowest BCUT2D eigenvalue weighted by Crippen LogP contribution is -2.57. The number of carbonyl (C=O) groups excluding carboxylic acids is 3. The third kappa shape index (κ3) is 9.68. The van der Waals surface area contributed by atoms with Gasteiger partial charge in [-0.2, -0.15) is 4.31 Å². The molecule has 0 radical (unpaired) electrons. The number of nitrogens with two attached hydrogens (primary N) is 3. The Morgan fingerprint density at radius 2 is 1.61 bits per heavy atom. The van der Waals surface area contributed by atoms with E-state index in [1.54, 1.807) is 18.2 Å². The van der Waals surface area contributed by atoms with E-state index in [1.807, 2.05) is 13.0 Å². The van der Waals surface area contributed by atoms with Crippen LogP contribution in [0.2, 0.25) is 0 Å². The highest BCUT2D eigenvalue weighted by Gasteiger charge is 2.33. The maximum absolute atomic E-state index is 13.4. The molecule has 0 spiro atoms. The van der Waals surface area contributed by atoms with E-state index < -0.39 is 45.9 Å². The van der Waals surface area contributed by atoms with E-state index in [2.05, 4.69) is 10.6 Å². The number of nitrogens with zero attached hydrogens (tertiary/aromatic N) is 2. The molecule has 1 aliphatic carbocycles. The summed E-state index contributed by atoms with van der Waals surface area (Å²) in [6, 6.07) is 3.60. The van der Waals surface area contributed by atoms with Crippen molar-refractivity contribution in [2.24, 2.45) is 17.2 Å². The number of piperidine rings is 1. The van der Waals surface area contributed by atoms with Crippen LogP contribution >= 0.6 is 0 Å². The minimum Gasteiger partial charge on any atom is -0.386 e. The van der Waals surface area contributed by atoms with Gasteiger partial charge in [-0.3, -0.25) is 14.4 Å². The first-order chi connectivity index (χ1) is 21.0. The van der Waals surface area contributed by atoms with Crippen molar-refractivity contribution in [3.8, 4) is 0 Å². The predicted octanol–water partition coefficient (Wildman–Crippen LogP) is -0.547. The molecule has 13 nitrogen and oxygen atoms in total. The molecule has 0 bridgehead atoms. The first-order valence-corrected chi connectivity index (χ1v) is 16.6. The van der Waals surface area contributed by atoms with Gasteiger partial charge in [-0.15, -0.1) is 0 Å². The lowest BCUT2D eigenvalue weighted by atomic mass is 9.91. The lowest BCUT2D eigenvalue weighted by molar-refractivity contribution is -0.135. The Morgan fingerprint density at radius 3 is 2.18 bits per heavy atom. The van der Waals surface area contributed by atoms with E-state index >= 15 is 0 Å². The van der Waals surface area contributed by atoms with E-state index in [0.717, 1.165) is 24.8 Å². The molecule has 0 aromatic heterocycles. The fourth-order valence-electron chi connectivity index (χ4n) is 5.18. The van der Waals surface area contributed by atoms with Gasteiger partial charge in [0, 0.05) is 45.8 Å². The van der Waals surface area contributed by atoms with Crippen molar-refractivity contribution in [2.45, 2.75) is 75.1 Å². The second-order valence-corrected chi connectivity index (χ2v) is 13.2. The summed E-state index contributed by atoms with van der Waals surface area (Å²) in [5, 5.41) is 16.5. The van der Waals surface area contributed by atoms with Gasteiger partial charge in [0.1, 0.15) is 12.1 Å². The molecule has 1 fully saturated rings. The molecule has 14 heteroatoms. The fourth-order valence-corrected chi connectivity index (χ4v) is 6.70. The van der Waals surface area contributed by atoms with Crippen LogP contribution in [-0.2, 0) is 31.0 Å². The number of rotatable bonds is 15. The van der Waals surface area contributed by atoms with Crippen LogP contribution < -0.4 is 27.8 Å². The molecule has 244 valence electrons. The second-order valence-electron chi connectivity index (χ2n) is 11.3. The number of carbonyl (C=O) groups is 3. The summed E-state index contributed by atoms with van der Waals surface area (Å²) in [5.41, 5.74) is 19.5. The Morgan fingerprint density at radius 1 is 0.977 bits per heavy atom. The summed E-state index contributed by atoms with van der Waals surface area (Å²) in [6.07, 6.45) is 5.81. The van der Waals surface area contributed by atoms with Crippen LogP contribution in [-0.4, -0.2) is 97.9 Å². The van der Waals surface area contributed by atoms with Gasteiger partial charge in [-0.25, -0.2) is 8.42 Å². The van der Waals surface area contributed by atoms with E-state index in [1.165, 1.54) is 21.3 Å². The van der Waals surface area contributed by atoms with Crippen LogP contribution in [0.5, 0.6) is 0 Å². The molecule has 3 atom stereocenters. The monoisotopic (exact) mass is 633 g/mol. The average Bonchev–Trinajstić information content (AvgIpc) is 3.02. The maximum atomic E-state index is 13.4. The van der Waals surface area contributed by atoms with Crippen LogP contribution in [0.25, 0.3) is 0 Å². The highest BCUT2D eigenvalue weighted by atomic mass is 32.2. The Balaban J connectivity index is 1.70. The summed E-state index contributed by atoms with van der Waals surface area (Å²) in [7, 11) is -3.59. The third-order valence-corrected chi connectivity index (χ3v) is 9.80. The number of hydrogen-bond donors (Lipinski definition) is 6. The standard InChI is InChI=1S/C30H47N7O6S/c1-21-5-9-23(10-6-21)28(39)27(35-29(40)25(33)19-26(38)36(17-13-31)18-14-32)30(41)34-20-22-7-11-24(12-8-22)44(42,43)37-15-3-2-4-16-37/h5,7-9,11-12,25,27-28,39H,2-4,6,10,13-20,31-33H2,1H3,(H,34,41)(H,35,40)/t25?,27?,28-/m1/s1. The van der Waals surface area contributed by atoms with E-state index in [9.17, 15) is 27.9 Å². The molecule has 1 aromatic carbocycles. The van der Waals surface area contributed by atoms with Gasteiger partial charge in [0.25, 0.3) is 0 Å². The first kappa shape index (κ1) is 35.3. The van der Waals surface area contributed by atoms with Crippen molar-refractivity contribution in [2.75, 3.05) is 39.3 Å². The number of allylic oxidation sites excluding steroid dienone is 3. The van der Waals surface area contributed by atoms with Crippen molar-refractivity contribution >= 4 is 27.7 Å². The quantitative estimate of drug-likeness (QED) is 0.146. The number of aliphatic hydroxyl groups excluding tert-OH is 1. The van der Waals surface area contributed by atoms with E-state index in [-0.39, 0.29) is 44.0 Å². The van der Waals surface area contributed by atoms with E-state index in [4.69, 9.17) is 17.2 Å². The molecule has 1 saturated heterocycles. The molecule has 2 unspecified atom stereocenters. The largest absolute Gasteiger partial charge is 0.386 e. The van der Waals surface area contributed by atoms with Crippen LogP contribution in [0.1, 0.15) is 51.0 Å². The van der Waals surface area contributed by atoms with Gasteiger partial charge < -0.3 is 37.8 Å². The Bertz CT molecular complexity index is 1300. The minimum absolute atomic E-state index is 0.0255. The highest BCUT2D eigenvalue weighted by molar-refractivity contribution is 7.89. The van der Waals surface area contributed by atoms with Crippen molar-refractivity contribution in [1.29, 1.82) is 0 Å². The SMILES string of the molecule is CC1=CC=C([C@@H](O)C(NC(=O)C(N)CC(=O)N(CCN)CCN)C(=O)NCc2ccc(S(=O)(=O)N3CCCCC3)cc2)CC1. The predicted molar refractivity (Wildman–Crippen MR) is 167 cm³/mol. The van der Waals surface area contributed by atoms with Crippen LogP contribution in [0.3, 0.4) is 0 Å². The van der Waals surface area contributed by atoms with Crippen molar-refractivity contribution < 1.29 is 27.9 Å². The number of hydrogen-bond acceptors (Lipinski definition) is 9. The Labute approximate surface area is 259 Å². The summed E-state index contributed by atoms with van der Waals surface area (Å²) in [6.45, 7) is 3.96. The zero-order valence-electron chi connectivity index (χ0n) is 25.4. The summed E-state index contributed by atoms with van der Waals surface area (Å²) < 4.78 is 27.4. The molecule has 0 saturated carbocycles. The first-order valence-electron chi connectivity index (χ1n) is 15.1. The molecule has 1 aromatic rings. The molecule has 1 heterocycles. The summed E-state index contributed by atoms with van der Waals surface area (Å²) >= 11 is 0. The van der Waals surface area contributed by atoms with Crippen molar-refractivity contribution in [3.63, 3.8) is 0 Å². The van der Waals surface area contributed by atoms with Crippen molar-refractivity contribution in [3.05, 3.63) is 53.1 Å². The summed E-state index contributed by atoms with van der Waals surface area (Å²) in [5.74, 6) is -1.82.